The number of para-hydroxylation sites is 1. The first kappa shape index (κ1) is 19.5. The molecule has 4 aromatic rings. The highest BCUT2D eigenvalue weighted by Gasteiger charge is 2.25. The van der Waals surface area contributed by atoms with Gasteiger partial charge in [0.05, 0.1) is 12.3 Å². The number of fused-ring (bicyclic) bond motifs is 1. The van der Waals surface area contributed by atoms with Crippen molar-refractivity contribution < 1.29 is 4.79 Å². The number of carbonyl (C=O) groups excluding carboxylic acids is 1. The maximum atomic E-state index is 13.0. The van der Waals surface area contributed by atoms with Crippen molar-refractivity contribution in [1.29, 1.82) is 0 Å². The molecule has 5 rings (SSSR count). The van der Waals surface area contributed by atoms with Gasteiger partial charge in [-0.05, 0) is 35.7 Å². The van der Waals surface area contributed by atoms with Crippen LogP contribution in [0.3, 0.4) is 0 Å². The van der Waals surface area contributed by atoms with Crippen LogP contribution in [0.5, 0.6) is 0 Å². The van der Waals surface area contributed by atoms with E-state index in [1.54, 1.807) is 12.4 Å². The number of thioether (sulfide) groups is 1. The third-order valence-corrected chi connectivity index (χ3v) is 6.30. The lowest BCUT2D eigenvalue weighted by Gasteiger charge is -2.17. The van der Waals surface area contributed by atoms with Crippen LogP contribution in [0.25, 0.3) is 11.4 Å². The molecule has 0 aliphatic carbocycles. The van der Waals surface area contributed by atoms with Crippen LogP contribution in [-0.2, 0) is 17.8 Å². The summed E-state index contributed by atoms with van der Waals surface area (Å²) in [4.78, 5) is 18.9. The molecule has 0 radical (unpaired) electrons. The van der Waals surface area contributed by atoms with E-state index in [1.807, 2.05) is 53.4 Å². The molecule has 154 valence electrons. The van der Waals surface area contributed by atoms with Crippen LogP contribution in [-0.4, -0.2) is 38.0 Å². The van der Waals surface area contributed by atoms with E-state index in [1.165, 1.54) is 17.3 Å². The van der Waals surface area contributed by atoms with Crippen molar-refractivity contribution in [2.45, 2.75) is 18.1 Å². The highest BCUT2D eigenvalue weighted by molar-refractivity contribution is 7.99. The summed E-state index contributed by atoms with van der Waals surface area (Å²) in [6.07, 6.45) is 4.40. The van der Waals surface area contributed by atoms with Gasteiger partial charge in [0.25, 0.3) is 0 Å². The summed E-state index contributed by atoms with van der Waals surface area (Å²) in [5.41, 5.74) is 4.36. The van der Waals surface area contributed by atoms with E-state index in [9.17, 15) is 4.79 Å². The van der Waals surface area contributed by atoms with Crippen molar-refractivity contribution >= 4 is 23.4 Å². The fraction of sp³-hybridized carbons (Fsp3) is 0.167. The molecule has 0 spiro atoms. The number of hydrogen-bond donors (Lipinski definition) is 0. The summed E-state index contributed by atoms with van der Waals surface area (Å²) < 4.78 is 2.07. The summed E-state index contributed by atoms with van der Waals surface area (Å²) in [6, 6.07) is 22.2. The molecule has 0 saturated heterocycles. The maximum absolute atomic E-state index is 13.0. The summed E-state index contributed by atoms with van der Waals surface area (Å²) >= 11 is 1.43. The second-order valence-electron chi connectivity index (χ2n) is 7.33. The molecule has 2 aromatic heterocycles. The highest BCUT2D eigenvalue weighted by Crippen LogP contribution is 2.30. The lowest BCUT2D eigenvalue weighted by molar-refractivity contribution is -0.116. The minimum absolute atomic E-state index is 0.0923. The van der Waals surface area contributed by atoms with Gasteiger partial charge in [0, 0.05) is 30.2 Å². The zero-order chi connectivity index (χ0) is 21.0. The van der Waals surface area contributed by atoms with Gasteiger partial charge in [-0.25, -0.2) is 0 Å². The molecule has 1 aliphatic heterocycles. The van der Waals surface area contributed by atoms with E-state index < -0.39 is 0 Å². The fourth-order valence-corrected chi connectivity index (χ4v) is 4.63. The molecule has 0 atom stereocenters. The average molecular weight is 428 g/mol. The Labute approximate surface area is 185 Å². The average Bonchev–Trinajstić information content (AvgIpc) is 3.43. The van der Waals surface area contributed by atoms with Gasteiger partial charge >= 0.3 is 0 Å². The SMILES string of the molecule is O=C(CSc1nnc(-c2ccncc2)n1Cc1ccccc1)N1CCc2ccccc21. The van der Waals surface area contributed by atoms with Gasteiger partial charge in [-0.1, -0.05) is 60.3 Å². The first-order chi connectivity index (χ1) is 15.3. The number of benzene rings is 2. The van der Waals surface area contributed by atoms with E-state index in [4.69, 9.17) is 0 Å². The van der Waals surface area contributed by atoms with Gasteiger partial charge in [-0.2, -0.15) is 0 Å². The minimum Gasteiger partial charge on any atom is -0.311 e. The zero-order valence-corrected chi connectivity index (χ0v) is 17.7. The number of pyridine rings is 1. The second-order valence-corrected chi connectivity index (χ2v) is 8.27. The zero-order valence-electron chi connectivity index (χ0n) is 16.9. The number of nitrogens with zero attached hydrogens (tertiary/aromatic N) is 5. The van der Waals surface area contributed by atoms with Crippen molar-refractivity contribution in [2.75, 3.05) is 17.2 Å². The number of carbonyl (C=O) groups is 1. The lowest BCUT2D eigenvalue weighted by atomic mass is 10.2. The predicted molar refractivity (Wildman–Crippen MR) is 122 cm³/mol. The quantitative estimate of drug-likeness (QED) is 0.434. The smallest absolute Gasteiger partial charge is 0.237 e. The molecule has 31 heavy (non-hydrogen) atoms. The Bertz CT molecular complexity index is 1190. The number of aromatic nitrogens is 4. The normalized spacial score (nSPS) is 12.7. The molecule has 6 nitrogen and oxygen atoms in total. The first-order valence-electron chi connectivity index (χ1n) is 10.2. The van der Waals surface area contributed by atoms with Crippen LogP contribution in [0.4, 0.5) is 5.69 Å². The van der Waals surface area contributed by atoms with E-state index >= 15 is 0 Å². The molecule has 2 aromatic carbocycles. The van der Waals surface area contributed by atoms with E-state index in [0.717, 1.165) is 40.8 Å². The Kier molecular flexibility index (Phi) is 5.50. The standard InChI is InChI=1S/C24H21N5OS/c30-22(28-15-12-19-8-4-5-9-21(19)28)17-31-24-27-26-23(20-10-13-25-14-11-20)29(24)16-18-6-2-1-3-7-18/h1-11,13-14H,12,15-17H2. The summed E-state index contributed by atoms with van der Waals surface area (Å²) in [5.74, 6) is 1.18. The van der Waals surface area contributed by atoms with Crippen molar-refractivity contribution in [3.8, 4) is 11.4 Å². The Morgan fingerprint density at radius 3 is 2.55 bits per heavy atom. The molecule has 0 saturated carbocycles. The van der Waals surface area contributed by atoms with Crippen molar-refractivity contribution in [1.82, 2.24) is 19.7 Å². The maximum Gasteiger partial charge on any atom is 0.237 e. The molecule has 0 fully saturated rings. The molecule has 0 bridgehead atoms. The van der Waals surface area contributed by atoms with Gasteiger partial charge in [-0.15, -0.1) is 10.2 Å². The van der Waals surface area contributed by atoms with E-state index in [-0.39, 0.29) is 5.91 Å². The van der Waals surface area contributed by atoms with Crippen LogP contribution >= 0.6 is 11.8 Å². The Hall–Kier alpha value is -3.45. The molecule has 7 heteroatoms. The number of rotatable bonds is 6. The van der Waals surface area contributed by atoms with Gasteiger partial charge in [0.15, 0.2) is 11.0 Å². The van der Waals surface area contributed by atoms with Crippen LogP contribution < -0.4 is 4.90 Å². The van der Waals surface area contributed by atoms with E-state index in [0.29, 0.717) is 12.3 Å². The Morgan fingerprint density at radius 1 is 0.935 bits per heavy atom. The molecule has 1 aliphatic rings. The molecular weight excluding hydrogens is 406 g/mol. The minimum atomic E-state index is 0.0923. The summed E-state index contributed by atoms with van der Waals surface area (Å²) in [5, 5.41) is 9.58. The lowest BCUT2D eigenvalue weighted by Crippen LogP contribution is -2.30. The van der Waals surface area contributed by atoms with Crippen LogP contribution in [0.2, 0.25) is 0 Å². The molecule has 0 N–H and O–H groups in total. The topological polar surface area (TPSA) is 63.9 Å². The Morgan fingerprint density at radius 2 is 1.71 bits per heavy atom. The van der Waals surface area contributed by atoms with Crippen LogP contribution in [0.15, 0.2) is 84.3 Å². The van der Waals surface area contributed by atoms with Crippen LogP contribution in [0.1, 0.15) is 11.1 Å². The second kappa shape index (κ2) is 8.73. The molecule has 3 heterocycles. The fourth-order valence-electron chi connectivity index (χ4n) is 3.82. The van der Waals surface area contributed by atoms with E-state index in [2.05, 4.69) is 37.9 Å². The number of amides is 1. The third kappa shape index (κ3) is 4.09. The van der Waals surface area contributed by atoms with Gasteiger partial charge in [0.2, 0.25) is 5.91 Å². The molecule has 1 amide bonds. The van der Waals surface area contributed by atoms with Crippen molar-refractivity contribution in [3.05, 3.63) is 90.3 Å². The first-order valence-corrected chi connectivity index (χ1v) is 11.2. The summed E-state index contributed by atoms with van der Waals surface area (Å²) in [7, 11) is 0. The molecule has 0 unspecified atom stereocenters. The van der Waals surface area contributed by atoms with Crippen molar-refractivity contribution in [2.24, 2.45) is 0 Å². The third-order valence-electron chi connectivity index (χ3n) is 5.35. The summed E-state index contributed by atoms with van der Waals surface area (Å²) in [6.45, 7) is 1.37. The monoisotopic (exact) mass is 427 g/mol. The highest BCUT2D eigenvalue weighted by atomic mass is 32.2. The largest absolute Gasteiger partial charge is 0.311 e. The van der Waals surface area contributed by atoms with Gasteiger partial charge in [0.1, 0.15) is 0 Å². The van der Waals surface area contributed by atoms with Crippen molar-refractivity contribution in [3.63, 3.8) is 0 Å². The Balaban J connectivity index is 1.39. The number of hydrogen-bond acceptors (Lipinski definition) is 5. The van der Waals surface area contributed by atoms with Gasteiger partial charge < -0.3 is 4.90 Å². The van der Waals surface area contributed by atoms with Crippen LogP contribution in [0, 0.1) is 0 Å². The van der Waals surface area contributed by atoms with Gasteiger partial charge in [-0.3, -0.25) is 14.3 Å². The number of anilines is 1. The predicted octanol–water partition coefficient (Wildman–Crippen LogP) is 4.07. The molecular formula is C24H21N5OS.